The van der Waals surface area contributed by atoms with Gasteiger partial charge in [-0.1, -0.05) is 12.1 Å². The van der Waals surface area contributed by atoms with Crippen LogP contribution < -0.4 is 0 Å². The van der Waals surface area contributed by atoms with Crippen molar-refractivity contribution in [3.63, 3.8) is 0 Å². The van der Waals surface area contributed by atoms with Crippen molar-refractivity contribution in [2.24, 2.45) is 0 Å². The molecule has 3 rings (SSSR count). The maximum Gasteiger partial charge on any atom is 0.416 e. The minimum absolute atomic E-state index is 0.127. The number of aromatic nitrogens is 3. The quantitative estimate of drug-likeness (QED) is 0.674. The predicted octanol–water partition coefficient (Wildman–Crippen LogP) is 3.68. The van der Waals surface area contributed by atoms with Crippen LogP contribution in [0.2, 0.25) is 0 Å². The van der Waals surface area contributed by atoms with Crippen molar-refractivity contribution < 1.29 is 22.7 Å². The van der Waals surface area contributed by atoms with Crippen LogP contribution in [-0.2, 0) is 22.3 Å². The first-order valence-corrected chi connectivity index (χ1v) is 7.54. The number of halogens is 3. The van der Waals surface area contributed by atoms with Crippen LogP contribution in [0.25, 0.3) is 22.6 Å². The molecule has 1 aromatic carbocycles. The Balaban J connectivity index is 2.07. The monoisotopic (exact) mass is 349 g/mol. The first-order chi connectivity index (χ1) is 11.9. The van der Waals surface area contributed by atoms with Gasteiger partial charge in [-0.15, -0.1) is 0 Å². The van der Waals surface area contributed by atoms with Crippen LogP contribution in [0, 0.1) is 0 Å². The number of ether oxygens (including phenoxy) is 1. The van der Waals surface area contributed by atoms with Crippen molar-refractivity contribution in [1.82, 2.24) is 14.5 Å². The molecule has 0 saturated carbocycles. The van der Waals surface area contributed by atoms with Crippen LogP contribution in [0.1, 0.15) is 12.5 Å². The Morgan fingerprint density at radius 2 is 1.92 bits per heavy atom. The van der Waals surface area contributed by atoms with Gasteiger partial charge in [0.1, 0.15) is 17.9 Å². The maximum absolute atomic E-state index is 12.7. The number of imidazole rings is 1. The number of alkyl halides is 3. The van der Waals surface area contributed by atoms with Gasteiger partial charge in [-0.25, -0.2) is 9.97 Å². The molecule has 0 aliphatic rings. The molecule has 0 saturated heterocycles. The van der Waals surface area contributed by atoms with Crippen LogP contribution >= 0.6 is 0 Å². The van der Waals surface area contributed by atoms with Crippen molar-refractivity contribution >= 4 is 17.1 Å². The van der Waals surface area contributed by atoms with Crippen LogP contribution in [0.15, 0.2) is 42.6 Å². The van der Waals surface area contributed by atoms with Gasteiger partial charge in [0.25, 0.3) is 0 Å². The van der Waals surface area contributed by atoms with Gasteiger partial charge in [0.2, 0.25) is 0 Å². The van der Waals surface area contributed by atoms with Crippen molar-refractivity contribution in [2.45, 2.75) is 19.6 Å². The number of rotatable bonds is 4. The summed E-state index contributed by atoms with van der Waals surface area (Å²) in [6, 6.07) is 8.03. The zero-order valence-electron chi connectivity index (χ0n) is 13.2. The van der Waals surface area contributed by atoms with E-state index in [-0.39, 0.29) is 13.2 Å². The Kier molecular flexibility index (Phi) is 4.43. The van der Waals surface area contributed by atoms with E-state index in [0.717, 1.165) is 12.1 Å². The first kappa shape index (κ1) is 16.9. The predicted molar refractivity (Wildman–Crippen MR) is 84.6 cm³/mol. The van der Waals surface area contributed by atoms with Gasteiger partial charge in [0.05, 0.1) is 12.2 Å². The second-order valence-electron chi connectivity index (χ2n) is 5.25. The van der Waals surface area contributed by atoms with E-state index in [1.54, 1.807) is 25.3 Å². The van der Waals surface area contributed by atoms with Gasteiger partial charge in [-0.2, -0.15) is 13.2 Å². The zero-order chi connectivity index (χ0) is 18.0. The molecule has 0 atom stereocenters. The first-order valence-electron chi connectivity index (χ1n) is 7.54. The van der Waals surface area contributed by atoms with Gasteiger partial charge in [-0.3, -0.25) is 9.36 Å². The minimum Gasteiger partial charge on any atom is -0.465 e. The molecule has 0 spiro atoms. The molecule has 2 heterocycles. The summed E-state index contributed by atoms with van der Waals surface area (Å²) in [5.41, 5.74) is 0.713. The molecule has 3 aromatic rings. The van der Waals surface area contributed by atoms with Crippen molar-refractivity contribution in [2.75, 3.05) is 6.61 Å². The average molecular weight is 349 g/mol. The second kappa shape index (κ2) is 6.54. The molecule has 8 heteroatoms. The van der Waals surface area contributed by atoms with E-state index in [2.05, 4.69) is 9.97 Å². The van der Waals surface area contributed by atoms with Crippen molar-refractivity contribution in [1.29, 1.82) is 0 Å². The Bertz CT molecular complexity index is 902. The lowest BCUT2D eigenvalue weighted by atomic mass is 10.1. The smallest absolute Gasteiger partial charge is 0.416 e. The molecule has 0 fully saturated rings. The molecule has 5 nitrogen and oxygen atoms in total. The fourth-order valence-electron chi connectivity index (χ4n) is 2.47. The largest absolute Gasteiger partial charge is 0.465 e. The maximum atomic E-state index is 12.7. The number of fused-ring (bicyclic) bond motifs is 1. The van der Waals surface area contributed by atoms with E-state index in [0.29, 0.717) is 22.6 Å². The highest BCUT2D eigenvalue weighted by molar-refractivity contribution is 5.80. The minimum atomic E-state index is -4.41. The van der Waals surface area contributed by atoms with Crippen LogP contribution in [-0.4, -0.2) is 27.1 Å². The molecule has 0 unspecified atom stereocenters. The number of hydrogen-bond acceptors (Lipinski definition) is 4. The molecule has 0 radical (unpaired) electrons. The number of carbonyl (C=O) groups is 1. The highest BCUT2D eigenvalue weighted by atomic mass is 19.4. The van der Waals surface area contributed by atoms with Gasteiger partial charge in [-0.05, 0) is 31.2 Å². The van der Waals surface area contributed by atoms with Crippen molar-refractivity contribution in [3.8, 4) is 11.4 Å². The Morgan fingerprint density at radius 1 is 1.20 bits per heavy atom. The molecule has 0 aliphatic heterocycles. The topological polar surface area (TPSA) is 57.0 Å². The molecule has 0 N–H and O–H groups in total. The lowest BCUT2D eigenvalue weighted by Gasteiger charge is -2.10. The van der Waals surface area contributed by atoms with Crippen LogP contribution in [0.4, 0.5) is 13.2 Å². The lowest BCUT2D eigenvalue weighted by molar-refractivity contribution is -0.143. The van der Waals surface area contributed by atoms with E-state index in [1.165, 1.54) is 16.7 Å². The Hall–Kier alpha value is -2.90. The van der Waals surface area contributed by atoms with E-state index in [9.17, 15) is 18.0 Å². The van der Waals surface area contributed by atoms with Gasteiger partial charge >= 0.3 is 12.1 Å². The van der Waals surface area contributed by atoms with Crippen LogP contribution in [0.3, 0.4) is 0 Å². The van der Waals surface area contributed by atoms with E-state index in [1.807, 2.05) is 0 Å². The molecule has 0 amide bonds. The summed E-state index contributed by atoms with van der Waals surface area (Å²) in [4.78, 5) is 20.5. The summed E-state index contributed by atoms with van der Waals surface area (Å²) in [7, 11) is 0. The van der Waals surface area contributed by atoms with Crippen molar-refractivity contribution in [3.05, 3.63) is 48.2 Å². The Labute approximate surface area is 141 Å². The molecule has 0 aliphatic carbocycles. The number of pyridine rings is 1. The normalized spacial score (nSPS) is 11.7. The fraction of sp³-hybridized carbons (Fsp3) is 0.235. The van der Waals surface area contributed by atoms with E-state index in [4.69, 9.17) is 4.74 Å². The number of carbonyl (C=O) groups excluding carboxylic acids is 1. The summed E-state index contributed by atoms with van der Waals surface area (Å²) < 4.78 is 44.7. The average Bonchev–Trinajstić information content (AvgIpc) is 2.93. The third kappa shape index (κ3) is 3.47. The van der Waals surface area contributed by atoms with Gasteiger partial charge in [0, 0.05) is 11.8 Å². The second-order valence-corrected chi connectivity index (χ2v) is 5.25. The summed E-state index contributed by atoms with van der Waals surface area (Å²) >= 11 is 0. The zero-order valence-corrected chi connectivity index (χ0v) is 13.2. The standard InChI is InChI=1S/C17H14F3N3O2/c1-2-25-14(24)10-23-15(22-13-4-3-9-21-16(13)23)11-5-7-12(8-6-11)17(18,19)20/h3-9H,2,10H2,1H3. The number of hydrogen-bond donors (Lipinski definition) is 0. The number of nitrogens with zero attached hydrogens (tertiary/aromatic N) is 3. The highest BCUT2D eigenvalue weighted by Gasteiger charge is 2.30. The third-order valence-electron chi connectivity index (χ3n) is 3.57. The molecular formula is C17H14F3N3O2. The van der Waals surface area contributed by atoms with E-state index < -0.39 is 17.7 Å². The van der Waals surface area contributed by atoms with E-state index >= 15 is 0 Å². The summed E-state index contributed by atoms with van der Waals surface area (Å²) in [5.74, 6) is -0.115. The molecule has 130 valence electrons. The summed E-state index contributed by atoms with van der Waals surface area (Å²) in [6.07, 6.45) is -2.85. The number of esters is 1. The molecular weight excluding hydrogens is 335 g/mol. The summed E-state index contributed by atoms with van der Waals surface area (Å²) in [5, 5.41) is 0. The van der Waals surface area contributed by atoms with Crippen LogP contribution in [0.5, 0.6) is 0 Å². The Morgan fingerprint density at radius 3 is 2.56 bits per heavy atom. The third-order valence-corrected chi connectivity index (χ3v) is 3.57. The lowest BCUT2D eigenvalue weighted by Crippen LogP contribution is -2.14. The highest BCUT2D eigenvalue weighted by Crippen LogP contribution is 2.31. The molecule has 25 heavy (non-hydrogen) atoms. The van der Waals surface area contributed by atoms with Gasteiger partial charge < -0.3 is 4.74 Å². The molecule has 2 aromatic heterocycles. The molecule has 0 bridgehead atoms. The SMILES string of the molecule is CCOC(=O)Cn1c(-c2ccc(C(F)(F)F)cc2)nc2cccnc21. The fourth-order valence-corrected chi connectivity index (χ4v) is 2.47. The van der Waals surface area contributed by atoms with Gasteiger partial charge in [0.15, 0.2) is 5.65 Å². The number of benzene rings is 1. The summed E-state index contributed by atoms with van der Waals surface area (Å²) in [6.45, 7) is 1.80.